The lowest BCUT2D eigenvalue weighted by Crippen LogP contribution is -2.42. The maximum absolute atomic E-state index is 14.2. The van der Waals surface area contributed by atoms with E-state index in [2.05, 4.69) is 4.98 Å². The Morgan fingerprint density at radius 3 is 2.59 bits per heavy atom. The highest BCUT2D eigenvalue weighted by molar-refractivity contribution is 7.11. The number of ketones is 2. The van der Waals surface area contributed by atoms with Gasteiger partial charge in [-0.1, -0.05) is 61.5 Å². The molecular weight excluding hydrogens is 660 g/mol. The highest BCUT2D eigenvalue weighted by Crippen LogP contribution is 2.36. The number of hydrogen-bond donors (Lipinski definition) is 1. The molecule has 49 heavy (non-hydrogen) atoms. The van der Waals surface area contributed by atoms with E-state index in [0.717, 1.165) is 40.4 Å². The predicted molar refractivity (Wildman–Crippen MR) is 191 cm³/mol. The Labute approximate surface area is 296 Å². The number of amides is 1. The highest BCUT2D eigenvalue weighted by Gasteiger charge is 2.41. The molecule has 0 unspecified atom stereocenters. The molecule has 2 aromatic carbocycles. The largest absolute Gasteiger partial charge is 0.434 e. The van der Waals surface area contributed by atoms with Crippen molar-refractivity contribution in [3.63, 3.8) is 0 Å². The van der Waals surface area contributed by atoms with Crippen molar-refractivity contribution < 1.29 is 23.5 Å². The van der Waals surface area contributed by atoms with Crippen molar-refractivity contribution in [1.82, 2.24) is 14.9 Å². The third-order valence-electron chi connectivity index (χ3n) is 9.87. The fraction of sp³-hybridized carbons (Fsp3) is 0.500. The quantitative estimate of drug-likeness (QED) is 0.0989. The van der Waals surface area contributed by atoms with E-state index in [4.69, 9.17) is 31.5 Å². The first-order valence-electron chi connectivity index (χ1n) is 17.5. The first kappa shape index (κ1) is 35.4. The fourth-order valence-electron chi connectivity index (χ4n) is 7.07. The number of aryl methyl sites for hydroxylation is 1. The Morgan fingerprint density at radius 1 is 1.06 bits per heavy atom. The molecule has 1 amide bonds. The summed E-state index contributed by atoms with van der Waals surface area (Å²) in [5.41, 5.74) is 8.62. The van der Waals surface area contributed by atoms with Gasteiger partial charge in [0.25, 0.3) is 5.89 Å². The zero-order valence-corrected chi connectivity index (χ0v) is 29.6. The minimum Gasteiger partial charge on any atom is -0.434 e. The highest BCUT2D eigenvalue weighted by atomic mass is 35.5. The molecule has 6 rings (SSSR count). The molecule has 0 bridgehead atoms. The monoisotopic (exact) mass is 704 g/mol. The molecule has 1 aliphatic carbocycles. The average Bonchev–Trinajstić information content (AvgIpc) is 3.85. The molecule has 4 aromatic rings. The van der Waals surface area contributed by atoms with E-state index < -0.39 is 12.0 Å². The van der Waals surface area contributed by atoms with Crippen LogP contribution in [-0.2, 0) is 27.4 Å². The fourth-order valence-corrected chi connectivity index (χ4v) is 8.30. The van der Waals surface area contributed by atoms with Gasteiger partial charge < -0.3 is 19.8 Å². The number of thiazole rings is 1. The van der Waals surface area contributed by atoms with Crippen LogP contribution in [0.3, 0.4) is 0 Å². The summed E-state index contributed by atoms with van der Waals surface area (Å²) >= 11 is 7.76. The van der Waals surface area contributed by atoms with Gasteiger partial charge in [0.1, 0.15) is 5.52 Å². The van der Waals surface area contributed by atoms with Gasteiger partial charge in [-0.15, -0.1) is 11.3 Å². The predicted octanol–water partition coefficient (Wildman–Crippen LogP) is 7.61. The number of nitrogens with zero attached hydrogens (tertiary/aromatic N) is 3. The van der Waals surface area contributed by atoms with Crippen molar-refractivity contribution in [3.05, 3.63) is 80.6 Å². The van der Waals surface area contributed by atoms with Gasteiger partial charge in [0.05, 0.1) is 35.9 Å². The number of nitrogens with two attached hydrogens (primary N) is 1. The van der Waals surface area contributed by atoms with Crippen LogP contribution in [0.15, 0.2) is 52.9 Å². The van der Waals surface area contributed by atoms with Gasteiger partial charge >= 0.3 is 0 Å². The number of aromatic nitrogens is 2. The minimum absolute atomic E-state index is 0.00283. The third-order valence-corrected chi connectivity index (χ3v) is 11.3. The van der Waals surface area contributed by atoms with Crippen LogP contribution >= 0.6 is 22.9 Å². The zero-order chi connectivity index (χ0) is 34.3. The topological polar surface area (TPSA) is 129 Å². The first-order valence-corrected chi connectivity index (χ1v) is 18.7. The minimum atomic E-state index is -0.715. The van der Waals surface area contributed by atoms with E-state index in [0.29, 0.717) is 61.0 Å². The number of oxazole rings is 1. The number of hydrogen-bond acceptors (Lipinski definition) is 9. The molecule has 0 spiro atoms. The van der Waals surface area contributed by atoms with E-state index in [-0.39, 0.29) is 42.3 Å². The molecule has 3 heterocycles. The number of benzene rings is 2. The summed E-state index contributed by atoms with van der Waals surface area (Å²) in [5, 5.41) is 1.76. The second-order valence-corrected chi connectivity index (χ2v) is 15.1. The summed E-state index contributed by atoms with van der Waals surface area (Å²) in [6.07, 6.45) is 8.00. The van der Waals surface area contributed by atoms with Crippen LogP contribution in [-0.4, -0.2) is 57.6 Å². The number of Topliss-reactive ketones (excluding diaryl/α,β-unsaturated/α-hetero) is 2. The van der Waals surface area contributed by atoms with Gasteiger partial charge in [-0.2, -0.15) is 0 Å². The number of likely N-dealkylation sites (tertiary alicyclic amines) is 1. The van der Waals surface area contributed by atoms with Crippen molar-refractivity contribution in [2.45, 2.75) is 102 Å². The summed E-state index contributed by atoms with van der Waals surface area (Å²) in [5.74, 6) is -0.792. The number of unbranched alkanes of at least 4 members (excludes halogenated alkanes) is 1. The van der Waals surface area contributed by atoms with Crippen molar-refractivity contribution in [2.24, 2.45) is 11.7 Å². The van der Waals surface area contributed by atoms with Crippen molar-refractivity contribution >= 4 is 51.5 Å². The number of carbonyl (C=O) groups is 3. The second kappa shape index (κ2) is 16.5. The maximum atomic E-state index is 14.2. The van der Waals surface area contributed by atoms with E-state index in [1.165, 1.54) is 19.3 Å². The SMILES string of the molecule is Cc1sc(C2CCCCC2)nc1CC(=O)N1C[C@H](OCc2ccc(Cl)cc2)C[C@H]1C(=O)C[C@@H](CCCCN)C(=O)c1nc2ccccc2o1. The van der Waals surface area contributed by atoms with Crippen molar-refractivity contribution in [3.8, 4) is 0 Å². The van der Waals surface area contributed by atoms with Crippen LogP contribution in [0, 0.1) is 12.8 Å². The van der Waals surface area contributed by atoms with E-state index in [9.17, 15) is 14.4 Å². The molecule has 260 valence electrons. The van der Waals surface area contributed by atoms with Gasteiger partial charge in [0, 0.05) is 41.1 Å². The van der Waals surface area contributed by atoms with Gasteiger partial charge in [-0.3, -0.25) is 14.4 Å². The molecule has 1 saturated carbocycles. The Balaban J connectivity index is 1.20. The van der Waals surface area contributed by atoms with Crippen LogP contribution in [0.25, 0.3) is 11.1 Å². The second-order valence-electron chi connectivity index (χ2n) is 13.4. The van der Waals surface area contributed by atoms with Crippen molar-refractivity contribution in [1.29, 1.82) is 0 Å². The molecule has 9 nitrogen and oxygen atoms in total. The van der Waals surface area contributed by atoms with Gasteiger partial charge in [0.2, 0.25) is 11.7 Å². The smallest absolute Gasteiger partial charge is 0.264 e. The van der Waals surface area contributed by atoms with Crippen LogP contribution in [0.2, 0.25) is 5.02 Å². The lowest BCUT2D eigenvalue weighted by Gasteiger charge is -2.25. The lowest BCUT2D eigenvalue weighted by atomic mass is 9.89. The summed E-state index contributed by atoms with van der Waals surface area (Å²) in [7, 11) is 0. The van der Waals surface area contributed by atoms with Gasteiger partial charge in [-0.05, 0) is 69.0 Å². The first-order chi connectivity index (χ1) is 23.8. The van der Waals surface area contributed by atoms with Crippen molar-refractivity contribution in [2.75, 3.05) is 13.1 Å². The summed E-state index contributed by atoms with van der Waals surface area (Å²) < 4.78 is 12.1. The standard InChI is InChI=1S/C38H45ClN4O5S/c1-24-31(42-38(49-24)26-9-3-2-4-10-26)21-35(45)43-22-29(47-23-25-14-16-28(39)17-15-25)20-32(43)33(44)19-27(11-7-8-18-40)36(46)37-41-30-12-5-6-13-34(30)48-37/h5-6,12-17,26-27,29,32H,2-4,7-11,18-23,40H2,1H3/t27-,29-,32+/m1/s1. The molecule has 1 saturated heterocycles. The average molecular weight is 705 g/mol. The van der Waals surface area contributed by atoms with E-state index >= 15 is 0 Å². The van der Waals surface area contributed by atoms with Gasteiger partial charge in [0.15, 0.2) is 11.4 Å². The lowest BCUT2D eigenvalue weighted by molar-refractivity contribution is -0.137. The number of rotatable bonds is 15. The molecule has 2 fully saturated rings. The Bertz CT molecular complexity index is 1720. The maximum Gasteiger partial charge on any atom is 0.264 e. The molecule has 1 aliphatic heterocycles. The van der Waals surface area contributed by atoms with Crippen LogP contribution < -0.4 is 5.73 Å². The van der Waals surface area contributed by atoms with Crippen LogP contribution in [0.5, 0.6) is 0 Å². The Hall–Kier alpha value is -3.44. The normalized spacial score (nSPS) is 19.0. The number of para-hydroxylation sites is 2. The molecule has 2 aliphatic rings. The molecule has 2 N–H and O–H groups in total. The molecular formula is C38H45ClN4O5S. The summed E-state index contributed by atoms with van der Waals surface area (Å²) in [6.45, 7) is 3.14. The van der Waals surface area contributed by atoms with Crippen LogP contribution in [0.4, 0.5) is 0 Å². The van der Waals surface area contributed by atoms with Gasteiger partial charge in [-0.25, -0.2) is 9.97 Å². The third kappa shape index (κ3) is 8.84. The van der Waals surface area contributed by atoms with E-state index in [1.807, 2.05) is 43.3 Å². The molecule has 11 heteroatoms. The summed E-state index contributed by atoms with van der Waals surface area (Å²) in [6, 6.07) is 13.9. The van der Waals surface area contributed by atoms with Crippen LogP contribution in [0.1, 0.15) is 102 Å². The zero-order valence-electron chi connectivity index (χ0n) is 28.1. The molecule has 0 radical (unpaired) electrons. The Morgan fingerprint density at radius 2 is 1.84 bits per heavy atom. The molecule has 3 atom stereocenters. The molecule has 2 aromatic heterocycles. The number of fused-ring (bicyclic) bond motifs is 1. The van der Waals surface area contributed by atoms with E-state index in [1.54, 1.807) is 28.4 Å². The number of ether oxygens (including phenoxy) is 1. The number of carbonyl (C=O) groups excluding carboxylic acids is 3. The Kier molecular flexibility index (Phi) is 11.9. The summed E-state index contributed by atoms with van der Waals surface area (Å²) in [4.78, 5) is 54.1. The number of halogens is 1.